The first-order valence-corrected chi connectivity index (χ1v) is 13.9. The van der Waals surface area contributed by atoms with Gasteiger partial charge in [-0.2, -0.15) is 0 Å². The minimum Gasteiger partial charge on any atom is -0.481 e. The van der Waals surface area contributed by atoms with Gasteiger partial charge in [-0.15, -0.1) is 0 Å². The van der Waals surface area contributed by atoms with E-state index in [4.69, 9.17) is 0 Å². The lowest BCUT2D eigenvalue weighted by molar-refractivity contribution is -0.214. The molecule has 10 unspecified atom stereocenters. The van der Waals surface area contributed by atoms with Crippen molar-refractivity contribution < 1.29 is 24.9 Å². The van der Waals surface area contributed by atoms with E-state index in [1.165, 1.54) is 5.57 Å². The van der Waals surface area contributed by atoms with Crippen LogP contribution >= 0.6 is 0 Å². The summed E-state index contributed by atoms with van der Waals surface area (Å²) in [5.74, 6) is 0.185. The van der Waals surface area contributed by atoms with E-state index in [0.29, 0.717) is 43.8 Å². The first-order chi connectivity index (χ1) is 16.1. The summed E-state index contributed by atoms with van der Waals surface area (Å²) in [6.07, 6.45) is 8.76. The standard InChI is InChI=1S/C30H46O5/c1-25(24(34)35)13-14-26(2)19(15-25)18-7-8-21-27(3)11-10-22(32)28(4,17-31)20(27)9-12-29(21,5)30(18,6)16-23(26)33/h7,19-22,31-32H,8-17H2,1-6H3,(H,34,35). The number of aliphatic carboxylic acids is 1. The van der Waals surface area contributed by atoms with Crippen LogP contribution in [-0.4, -0.2) is 39.8 Å². The van der Waals surface area contributed by atoms with Gasteiger partial charge in [0.2, 0.25) is 0 Å². The van der Waals surface area contributed by atoms with Crippen molar-refractivity contribution in [1.29, 1.82) is 0 Å². The van der Waals surface area contributed by atoms with E-state index in [1.54, 1.807) is 0 Å². The van der Waals surface area contributed by atoms with Gasteiger partial charge in [-0.05, 0) is 86.9 Å². The van der Waals surface area contributed by atoms with E-state index < -0.39 is 28.3 Å². The zero-order valence-corrected chi connectivity index (χ0v) is 22.6. The number of allylic oxidation sites excluding steroid dienone is 2. The number of ketones is 1. The van der Waals surface area contributed by atoms with Gasteiger partial charge >= 0.3 is 5.97 Å². The molecule has 0 aliphatic heterocycles. The van der Waals surface area contributed by atoms with Crippen molar-refractivity contribution in [3.63, 3.8) is 0 Å². The topological polar surface area (TPSA) is 94.8 Å². The van der Waals surface area contributed by atoms with Crippen LogP contribution in [0.15, 0.2) is 11.6 Å². The number of fused-ring (bicyclic) bond motifs is 7. The Morgan fingerprint density at radius 2 is 1.69 bits per heavy atom. The van der Waals surface area contributed by atoms with Gasteiger partial charge in [-0.1, -0.05) is 46.3 Å². The van der Waals surface area contributed by atoms with Crippen LogP contribution in [0.2, 0.25) is 0 Å². The molecule has 0 aromatic heterocycles. The SMILES string of the molecule is CC1(C(=O)O)CCC2(C)C(=O)CC3(C)C(=CCC4C5(C)CCC(O)C(C)(CO)C5CCC43C)C2C1. The van der Waals surface area contributed by atoms with Gasteiger partial charge in [0.1, 0.15) is 5.78 Å². The Morgan fingerprint density at radius 3 is 2.31 bits per heavy atom. The number of carboxylic acids is 1. The molecule has 0 aromatic carbocycles. The predicted octanol–water partition coefficient (Wildman–Crippen LogP) is 5.39. The van der Waals surface area contributed by atoms with E-state index in [9.17, 15) is 24.9 Å². The molecule has 0 aromatic rings. The maximum atomic E-state index is 13.9. The lowest BCUT2D eigenvalue weighted by Crippen LogP contribution is -2.66. The quantitative estimate of drug-likeness (QED) is 0.455. The highest BCUT2D eigenvalue weighted by molar-refractivity contribution is 5.89. The molecule has 5 nitrogen and oxygen atoms in total. The molecular formula is C30H46O5. The van der Waals surface area contributed by atoms with Crippen molar-refractivity contribution in [2.45, 2.75) is 105 Å². The molecule has 0 spiro atoms. The summed E-state index contributed by atoms with van der Waals surface area (Å²) in [4.78, 5) is 26.2. The number of aliphatic hydroxyl groups is 2. The minimum absolute atomic E-state index is 0.00288. The van der Waals surface area contributed by atoms with Gasteiger partial charge in [0, 0.05) is 22.7 Å². The first-order valence-electron chi connectivity index (χ1n) is 13.9. The zero-order chi connectivity index (χ0) is 25.8. The van der Waals surface area contributed by atoms with Gasteiger partial charge in [0.25, 0.3) is 0 Å². The number of hydrogen-bond acceptors (Lipinski definition) is 4. The second-order valence-electron chi connectivity index (χ2n) is 14.7. The summed E-state index contributed by atoms with van der Waals surface area (Å²) in [6, 6.07) is 0. The fourth-order valence-corrected chi connectivity index (χ4v) is 10.4. The largest absolute Gasteiger partial charge is 0.481 e. The van der Waals surface area contributed by atoms with Crippen LogP contribution in [-0.2, 0) is 9.59 Å². The molecule has 0 amide bonds. The number of carboxylic acid groups (broad SMARTS) is 1. The Morgan fingerprint density at radius 1 is 1.00 bits per heavy atom. The van der Waals surface area contributed by atoms with Crippen LogP contribution in [0.3, 0.4) is 0 Å². The van der Waals surface area contributed by atoms with Gasteiger partial charge < -0.3 is 15.3 Å². The zero-order valence-electron chi connectivity index (χ0n) is 22.6. The molecule has 5 aliphatic carbocycles. The highest BCUT2D eigenvalue weighted by Crippen LogP contribution is 2.75. The van der Waals surface area contributed by atoms with E-state index in [1.807, 2.05) is 6.92 Å². The second kappa shape index (κ2) is 7.43. The molecule has 4 saturated carbocycles. The third-order valence-electron chi connectivity index (χ3n) is 13.3. The van der Waals surface area contributed by atoms with Crippen molar-refractivity contribution in [2.75, 3.05) is 6.61 Å². The molecule has 4 fully saturated rings. The summed E-state index contributed by atoms with van der Waals surface area (Å²) in [6.45, 7) is 13.1. The fourth-order valence-electron chi connectivity index (χ4n) is 10.4. The molecule has 196 valence electrons. The highest BCUT2D eigenvalue weighted by atomic mass is 16.4. The summed E-state index contributed by atoms with van der Waals surface area (Å²) >= 11 is 0. The van der Waals surface area contributed by atoms with Crippen LogP contribution < -0.4 is 0 Å². The smallest absolute Gasteiger partial charge is 0.309 e. The summed E-state index contributed by atoms with van der Waals surface area (Å²) in [7, 11) is 0. The summed E-state index contributed by atoms with van der Waals surface area (Å²) < 4.78 is 0. The van der Waals surface area contributed by atoms with Crippen LogP contribution in [0.4, 0.5) is 0 Å². The fraction of sp³-hybridized carbons (Fsp3) is 0.867. The molecule has 35 heavy (non-hydrogen) atoms. The lowest BCUT2D eigenvalue weighted by atomic mass is 9.33. The molecule has 10 atom stereocenters. The van der Waals surface area contributed by atoms with Crippen molar-refractivity contribution in [3.8, 4) is 0 Å². The Hall–Kier alpha value is -1.20. The normalized spacial score (nSPS) is 55.7. The van der Waals surface area contributed by atoms with Crippen LogP contribution in [0, 0.1) is 50.2 Å². The van der Waals surface area contributed by atoms with Gasteiger partial charge in [0.05, 0.1) is 18.1 Å². The first kappa shape index (κ1) is 25.4. The van der Waals surface area contributed by atoms with E-state index >= 15 is 0 Å². The molecule has 0 bridgehead atoms. The third kappa shape index (κ3) is 2.94. The number of aliphatic hydroxyl groups excluding tert-OH is 2. The molecule has 0 radical (unpaired) electrons. The maximum absolute atomic E-state index is 13.9. The summed E-state index contributed by atoms with van der Waals surface area (Å²) in [5.41, 5.74) is -0.758. The Kier molecular flexibility index (Phi) is 5.40. The molecule has 0 saturated heterocycles. The van der Waals surface area contributed by atoms with Crippen molar-refractivity contribution >= 4 is 11.8 Å². The van der Waals surface area contributed by atoms with E-state index in [0.717, 1.165) is 25.7 Å². The van der Waals surface area contributed by atoms with Gasteiger partial charge in [-0.25, -0.2) is 0 Å². The summed E-state index contributed by atoms with van der Waals surface area (Å²) in [5, 5.41) is 31.3. The Bertz CT molecular complexity index is 987. The average Bonchev–Trinajstić information content (AvgIpc) is 2.79. The van der Waals surface area contributed by atoms with Crippen LogP contribution in [0.1, 0.15) is 99.3 Å². The van der Waals surface area contributed by atoms with Crippen LogP contribution in [0.5, 0.6) is 0 Å². The van der Waals surface area contributed by atoms with Crippen LogP contribution in [0.25, 0.3) is 0 Å². The van der Waals surface area contributed by atoms with Crippen molar-refractivity contribution in [3.05, 3.63) is 11.6 Å². The number of Topliss-reactive ketones (excluding diaryl/α,β-unsaturated/α-hetero) is 1. The van der Waals surface area contributed by atoms with Gasteiger partial charge in [0.15, 0.2) is 0 Å². The molecule has 5 heteroatoms. The number of hydrogen-bond donors (Lipinski definition) is 3. The maximum Gasteiger partial charge on any atom is 0.309 e. The molecule has 3 N–H and O–H groups in total. The second-order valence-corrected chi connectivity index (χ2v) is 14.7. The molecule has 5 rings (SSSR count). The molecule has 5 aliphatic rings. The van der Waals surface area contributed by atoms with Gasteiger partial charge in [-0.3, -0.25) is 9.59 Å². The predicted molar refractivity (Wildman–Crippen MR) is 134 cm³/mol. The van der Waals surface area contributed by atoms with Crippen molar-refractivity contribution in [2.24, 2.45) is 50.2 Å². The van der Waals surface area contributed by atoms with E-state index in [2.05, 4.69) is 40.7 Å². The number of carbonyl (C=O) groups is 2. The monoisotopic (exact) mass is 486 g/mol. The average molecular weight is 487 g/mol. The Balaban J connectivity index is 1.60. The highest BCUT2D eigenvalue weighted by Gasteiger charge is 2.70. The lowest BCUT2D eigenvalue weighted by Gasteiger charge is -2.71. The number of carbonyl (C=O) groups excluding carboxylic acids is 1. The third-order valence-corrected chi connectivity index (χ3v) is 13.3. The molecular weight excluding hydrogens is 440 g/mol. The minimum atomic E-state index is -0.784. The number of rotatable bonds is 2. The molecule has 0 heterocycles. The van der Waals surface area contributed by atoms with Crippen molar-refractivity contribution in [1.82, 2.24) is 0 Å². The van der Waals surface area contributed by atoms with E-state index in [-0.39, 0.29) is 34.7 Å². The Labute approximate surface area is 210 Å².